The summed E-state index contributed by atoms with van der Waals surface area (Å²) in [6.45, 7) is 2.07. The molecule has 1 aromatic heterocycles. The molecule has 1 aromatic carbocycles. The molecule has 7 nitrogen and oxygen atoms in total. The van der Waals surface area contributed by atoms with Crippen molar-refractivity contribution in [3.8, 4) is 11.5 Å². The van der Waals surface area contributed by atoms with Gasteiger partial charge in [-0.1, -0.05) is 30.8 Å². The molecule has 27 heavy (non-hydrogen) atoms. The number of aromatic nitrogens is 3. The van der Waals surface area contributed by atoms with Crippen LogP contribution in [0.4, 0.5) is 5.95 Å². The number of anilines is 1. The number of ether oxygens (including phenoxy) is 2. The van der Waals surface area contributed by atoms with E-state index in [1.807, 2.05) is 22.9 Å². The molecule has 142 valence electrons. The Labute approximate surface area is 162 Å². The van der Waals surface area contributed by atoms with Gasteiger partial charge in [0.05, 0.1) is 26.2 Å². The molecule has 1 aliphatic heterocycles. The lowest BCUT2D eigenvalue weighted by atomic mass is 9.81. The SMILES string of the molecule is CCSc1nc2n(n1)[C@H](c1ccc(OC)c(OC)c1)[C@H]1C(=O)CCC=C1N2. The van der Waals surface area contributed by atoms with Crippen molar-refractivity contribution in [1.29, 1.82) is 0 Å². The molecular weight excluding hydrogens is 364 g/mol. The number of hydrogen-bond acceptors (Lipinski definition) is 7. The first-order valence-electron chi connectivity index (χ1n) is 8.97. The number of carbonyl (C=O) groups is 1. The fourth-order valence-electron chi connectivity index (χ4n) is 3.71. The highest BCUT2D eigenvalue weighted by molar-refractivity contribution is 7.99. The second kappa shape index (κ2) is 7.26. The van der Waals surface area contributed by atoms with Gasteiger partial charge in [-0.15, -0.1) is 5.10 Å². The molecular formula is C19H22N4O3S. The molecule has 0 bridgehead atoms. The van der Waals surface area contributed by atoms with Crippen LogP contribution < -0.4 is 14.8 Å². The van der Waals surface area contributed by atoms with Gasteiger partial charge < -0.3 is 14.8 Å². The second-order valence-corrected chi connectivity index (χ2v) is 7.65. The monoisotopic (exact) mass is 386 g/mol. The van der Waals surface area contributed by atoms with E-state index >= 15 is 0 Å². The second-order valence-electron chi connectivity index (χ2n) is 6.42. The summed E-state index contributed by atoms with van der Waals surface area (Å²) in [5.41, 5.74) is 1.86. The van der Waals surface area contributed by atoms with Crippen molar-refractivity contribution in [2.75, 3.05) is 25.3 Å². The number of thioether (sulfide) groups is 1. The molecule has 2 heterocycles. The number of ketones is 1. The summed E-state index contributed by atoms with van der Waals surface area (Å²) in [4.78, 5) is 17.4. The smallest absolute Gasteiger partial charge is 0.227 e. The highest BCUT2D eigenvalue weighted by Gasteiger charge is 2.41. The van der Waals surface area contributed by atoms with Crippen LogP contribution in [0.15, 0.2) is 35.1 Å². The van der Waals surface area contributed by atoms with Crippen LogP contribution in [0, 0.1) is 5.92 Å². The molecule has 0 spiro atoms. The Hall–Kier alpha value is -2.48. The van der Waals surface area contributed by atoms with Crippen molar-refractivity contribution in [3.63, 3.8) is 0 Å². The zero-order chi connectivity index (χ0) is 19.0. The molecule has 2 atom stereocenters. The number of fused-ring (bicyclic) bond motifs is 2. The number of allylic oxidation sites excluding steroid dienone is 2. The van der Waals surface area contributed by atoms with Gasteiger partial charge in [-0.2, -0.15) is 4.98 Å². The van der Waals surface area contributed by atoms with Gasteiger partial charge in [0.15, 0.2) is 11.5 Å². The minimum absolute atomic E-state index is 0.214. The maximum atomic E-state index is 12.8. The zero-order valence-electron chi connectivity index (χ0n) is 15.6. The summed E-state index contributed by atoms with van der Waals surface area (Å²) in [7, 11) is 3.22. The van der Waals surface area contributed by atoms with E-state index in [-0.39, 0.29) is 17.7 Å². The first-order valence-corrected chi connectivity index (χ1v) is 9.95. The van der Waals surface area contributed by atoms with Crippen LogP contribution in [0.1, 0.15) is 31.4 Å². The van der Waals surface area contributed by atoms with Crippen molar-refractivity contribution >= 4 is 23.5 Å². The number of nitrogens with one attached hydrogen (secondary N) is 1. The van der Waals surface area contributed by atoms with Crippen molar-refractivity contribution in [2.24, 2.45) is 5.92 Å². The molecule has 0 unspecified atom stereocenters. The van der Waals surface area contributed by atoms with Crippen LogP contribution in [0.25, 0.3) is 0 Å². The largest absolute Gasteiger partial charge is 0.493 e. The maximum absolute atomic E-state index is 12.8. The van der Waals surface area contributed by atoms with Crippen LogP contribution in [0.5, 0.6) is 11.5 Å². The van der Waals surface area contributed by atoms with E-state index in [1.54, 1.807) is 26.0 Å². The van der Waals surface area contributed by atoms with E-state index in [1.165, 1.54) is 0 Å². The average molecular weight is 386 g/mol. The van der Waals surface area contributed by atoms with Crippen molar-refractivity contribution in [1.82, 2.24) is 14.8 Å². The molecule has 0 fully saturated rings. The number of methoxy groups -OCH3 is 2. The molecule has 1 N–H and O–H groups in total. The normalized spacial score (nSPS) is 21.0. The first kappa shape index (κ1) is 17.9. The molecule has 4 rings (SSSR count). The zero-order valence-corrected chi connectivity index (χ0v) is 16.4. The summed E-state index contributed by atoms with van der Waals surface area (Å²) < 4.78 is 12.7. The molecule has 8 heteroatoms. The van der Waals surface area contributed by atoms with E-state index in [9.17, 15) is 4.79 Å². The predicted octanol–water partition coefficient (Wildman–Crippen LogP) is 3.29. The van der Waals surface area contributed by atoms with Crippen molar-refractivity contribution < 1.29 is 14.3 Å². The van der Waals surface area contributed by atoms with Gasteiger partial charge in [0.2, 0.25) is 11.1 Å². The van der Waals surface area contributed by atoms with E-state index < -0.39 is 0 Å². The lowest BCUT2D eigenvalue weighted by Crippen LogP contribution is -2.38. The topological polar surface area (TPSA) is 78.3 Å². The molecule has 0 radical (unpaired) electrons. The van der Waals surface area contributed by atoms with E-state index in [0.29, 0.717) is 29.0 Å². The quantitative estimate of drug-likeness (QED) is 0.790. The number of rotatable bonds is 5. The number of Topliss-reactive ketones (excluding diaryl/α,β-unsaturated/α-hetero) is 1. The Morgan fingerprint density at radius 1 is 1.30 bits per heavy atom. The Morgan fingerprint density at radius 3 is 2.85 bits per heavy atom. The lowest BCUT2D eigenvalue weighted by Gasteiger charge is -2.36. The van der Waals surface area contributed by atoms with Gasteiger partial charge in [0.1, 0.15) is 5.78 Å². The molecule has 2 aliphatic rings. The van der Waals surface area contributed by atoms with Crippen molar-refractivity contribution in [2.45, 2.75) is 31.0 Å². The maximum Gasteiger partial charge on any atom is 0.227 e. The van der Waals surface area contributed by atoms with Gasteiger partial charge >= 0.3 is 0 Å². The highest BCUT2D eigenvalue weighted by atomic mass is 32.2. The third kappa shape index (κ3) is 3.07. The Bertz CT molecular complexity index is 908. The van der Waals surface area contributed by atoms with Gasteiger partial charge in [-0.05, 0) is 29.9 Å². The highest BCUT2D eigenvalue weighted by Crippen LogP contribution is 2.43. The molecule has 1 aliphatic carbocycles. The predicted molar refractivity (Wildman–Crippen MR) is 104 cm³/mol. The molecule has 0 saturated heterocycles. The number of nitrogens with zero attached hydrogens (tertiary/aromatic N) is 3. The number of carbonyl (C=O) groups excluding carboxylic acids is 1. The van der Waals surface area contributed by atoms with Crippen LogP contribution in [-0.2, 0) is 4.79 Å². The van der Waals surface area contributed by atoms with Crippen LogP contribution in [0.2, 0.25) is 0 Å². The molecule has 0 amide bonds. The summed E-state index contributed by atoms with van der Waals surface area (Å²) in [6, 6.07) is 5.49. The summed E-state index contributed by atoms with van der Waals surface area (Å²) >= 11 is 1.58. The van der Waals surface area contributed by atoms with Crippen LogP contribution in [0.3, 0.4) is 0 Å². The first-order chi connectivity index (χ1) is 13.2. The van der Waals surface area contributed by atoms with Crippen molar-refractivity contribution in [3.05, 3.63) is 35.5 Å². The number of hydrogen-bond donors (Lipinski definition) is 1. The molecule has 0 saturated carbocycles. The standard InChI is InChI=1S/C19H22N4O3S/c1-4-27-19-21-18-20-12-6-5-7-13(24)16(12)17(23(18)22-19)11-8-9-14(25-2)15(10-11)26-3/h6,8-10,16-17H,4-5,7H2,1-3H3,(H,20,21,22)/t16-,17-/m1/s1. The van der Waals surface area contributed by atoms with E-state index in [0.717, 1.165) is 23.4 Å². The van der Waals surface area contributed by atoms with Crippen LogP contribution >= 0.6 is 11.8 Å². The minimum Gasteiger partial charge on any atom is -0.493 e. The lowest BCUT2D eigenvalue weighted by molar-refractivity contribution is -0.123. The Morgan fingerprint density at radius 2 is 2.11 bits per heavy atom. The minimum atomic E-state index is -0.300. The van der Waals surface area contributed by atoms with Gasteiger partial charge in [0, 0.05) is 12.1 Å². The Balaban J connectivity index is 1.86. The van der Waals surface area contributed by atoms with E-state index in [2.05, 4.69) is 28.4 Å². The van der Waals surface area contributed by atoms with Gasteiger partial charge in [-0.3, -0.25) is 4.79 Å². The number of benzene rings is 1. The fourth-order valence-corrected chi connectivity index (χ4v) is 4.27. The summed E-state index contributed by atoms with van der Waals surface area (Å²) in [5.74, 6) is 2.75. The average Bonchev–Trinajstić information content (AvgIpc) is 3.08. The third-order valence-corrected chi connectivity index (χ3v) is 5.63. The fraction of sp³-hybridized carbons (Fsp3) is 0.421. The summed E-state index contributed by atoms with van der Waals surface area (Å²) in [6.07, 6.45) is 3.39. The third-order valence-electron chi connectivity index (χ3n) is 4.91. The molecule has 2 aromatic rings. The van der Waals surface area contributed by atoms with Gasteiger partial charge in [-0.25, -0.2) is 4.68 Å². The van der Waals surface area contributed by atoms with E-state index in [4.69, 9.17) is 9.47 Å². The van der Waals surface area contributed by atoms with Gasteiger partial charge in [0.25, 0.3) is 0 Å². The summed E-state index contributed by atoms with van der Waals surface area (Å²) in [5, 5.41) is 8.70. The van der Waals surface area contributed by atoms with Crippen LogP contribution in [-0.4, -0.2) is 40.5 Å². The Kier molecular flexibility index (Phi) is 4.82.